The second kappa shape index (κ2) is 43.8. The number of unbranched alkanes of at least 4 members (excludes halogenated alkanes) is 31. The molecular weight excluding hydrogens is 753 g/mol. The molecule has 0 fully saturated rings. The molecule has 0 saturated carbocycles. The summed E-state index contributed by atoms with van der Waals surface area (Å²) < 4.78 is 33.4. The summed E-state index contributed by atoms with van der Waals surface area (Å²) in [5.41, 5.74) is 5.36. The van der Waals surface area contributed by atoms with E-state index in [4.69, 9.17) is 29.4 Å². The quantitative estimate of drug-likeness (QED) is 0.0233. The van der Waals surface area contributed by atoms with Gasteiger partial charge in [0, 0.05) is 13.0 Å². The first-order chi connectivity index (χ1) is 28.2. The monoisotopic (exact) mass is 846 g/mol. The van der Waals surface area contributed by atoms with Crippen molar-refractivity contribution in [2.24, 2.45) is 5.73 Å². The summed E-state index contributed by atoms with van der Waals surface area (Å²) in [5, 5.41) is 8.90. The topological polar surface area (TPSA) is 155 Å². The lowest BCUT2D eigenvalue weighted by Gasteiger charge is -2.20. The van der Waals surface area contributed by atoms with Crippen LogP contribution >= 0.6 is 7.82 Å². The molecule has 11 heteroatoms. The molecule has 0 aromatic carbocycles. The molecule has 4 N–H and O–H groups in total. The third-order valence-corrected chi connectivity index (χ3v) is 11.7. The maximum atomic E-state index is 12.6. The van der Waals surface area contributed by atoms with Gasteiger partial charge in [0.25, 0.3) is 0 Å². The number of hydrogen-bond acceptors (Lipinski definition) is 8. The Morgan fingerprint density at radius 2 is 0.897 bits per heavy atom. The molecule has 0 rings (SSSR count). The molecule has 0 aromatic rings. The molecule has 0 saturated heterocycles. The lowest BCUT2D eigenvalue weighted by atomic mass is 10.0. The summed E-state index contributed by atoms with van der Waals surface area (Å²) in [6, 6.07) is -1.47. The Morgan fingerprint density at radius 1 is 0.534 bits per heavy atom. The zero-order valence-corrected chi connectivity index (χ0v) is 38.6. The summed E-state index contributed by atoms with van der Waals surface area (Å²) in [6.07, 6.45) is 47.1. The van der Waals surface area contributed by atoms with Crippen molar-refractivity contribution < 1.29 is 42.7 Å². The highest BCUT2D eigenvalue weighted by Crippen LogP contribution is 2.43. The van der Waals surface area contributed by atoms with Gasteiger partial charge in [-0.3, -0.25) is 18.6 Å². The van der Waals surface area contributed by atoms with Gasteiger partial charge in [0.15, 0.2) is 0 Å². The van der Waals surface area contributed by atoms with Gasteiger partial charge in [-0.1, -0.05) is 206 Å². The van der Waals surface area contributed by atoms with Crippen molar-refractivity contribution in [1.29, 1.82) is 0 Å². The van der Waals surface area contributed by atoms with Crippen LogP contribution in [0.25, 0.3) is 0 Å². The standard InChI is InChI=1S/C47H92NO9P/c1-3-5-7-9-11-13-15-17-18-19-20-21-22-23-24-25-26-27-28-30-32-34-36-38-40-54-41-44(42-55-58(52,53)56-43-45(48)47(50)51)57-46(49)39-37-35-33-31-29-16-14-12-10-8-6-4-2/h12,14,44-45H,3-11,13,15-43,48H2,1-2H3,(H,50,51)(H,52,53)/b14-12-. The molecule has 3 atom stereocenters. The zero-order chi connectivity index (χ0) is 42.6. The lowest BCUT2D eigenvalue weighted by molar-refractivity contribution is -0.154. The van der Waals surface area contributed by atoms with Crippen molar-refractivity contribution in [3.8, 4) is 0 Å². The van der Waals surface area contributed by atoms with Gasteiger partial charge >= 0.3 is 19.8 Å². The van der Waals surface area contributed by atoms with Crippen molar-refractivity contribution in [3.05, 3.63) is 12.2 Å². The Kier molecular flexibility index (Phi) is 42.8. The Morgan fingerprint density at radius 3 is 1.34 bits per heavy atom. The van der Waals surface area contributed by atoms with Crippen molar-refractivity contribution in [2.75, 3.05) is 26.4 Å². The van der Waals surface area contributed by atoms with E-state index in [1.165, 1.54) is 154 Å². The fourth-order valence-electron chi connectivity index (χ4n) is 7.01. The number of carbonyl (C=O) groups is 2. The first kappa shape index (κ1) is 56.7. The van der Waals surface area contributed by atoms with Crippen LogP contribution < -0.4 is 5.73 Å². The molecule has 0 spiro atoms. The highest BCUT2D eigenvalue weighted by atomic mass is 31.2. The van der Waals surface area contributed by atoms with Crippen LogP contribution in [-0.2, 0) is 32.7 Å². The molecule has 0 bridgehead atoms. The molecule has 0 aliphatic rings. The zero-order valence-electron chi connectivity index (χ0n) is 37.7. The second-order valence-electron chi connectivity index (χ2n) is 16.6. The minimum absolute atomic E-state index is 0.0195. The van der Waals surface area contributed by atoms with E-state index in [1.807, 2.05) is 0 Å². The van der Waals surface area contributed by atoms with Crippen LogP contribution in [0.3, 0.4) is 0 Å². The number of aliphatic carboxylic acids is 1. The molecule has 0 aliphatic heterocycles. The predicted molar refractivity (Wildman–Crippen MR) is 240 cm³/mol. The number of carbonyl (C=O) groups excluding carboxylic acids is 1. The van der Waals surface area contributed by atoms with Crippen LogP contribution in [0.15, 0.2) is 12.2 Å². The first-order valence-electron chi connectivity index (χ1n) is 24.2. The van der Waals surface area contributed by atoms with Gasteiger partial charge in [-0.2, -0.15) is 0 Å². The largest absolute Gasteiger partial charge is 0.480 e. The van der Waals surface area contributed by atoms with Crippen LogP contribution in [-0.4, -0.2) is 60.5 Å². The Balaban J connectivity index is 4.03. The lowest BCUT2D eigenvalue weighted by Crippen LogP contribution is -2.34. The van der Waals surface area contributed by atoms with Crippen molar-refractivity contribution >= 4 is 19.8 Å². The van der Waals surface area contributed by atoms with E-state index in [2.05, 4.69) is 26.0 Å². The number of phosphoric acid groups is 1. The summed E-state index contributed by atoms with van der Waals surface area (Å²) >= 11 is 0. The van der Waals surface area contributed by atoms with Crippen molar-refractivity contribution in [3.63, 3.8) is 0 Å². The number of esters is 1. The van der Waals surface area contributed by atoms with E-state index < -0.39 is 45.1 Å². The second-order valence-corrected chi connectivity index (χ2v) is 18.1. The third kappa shape index (κ3) is 42.8. The summed E-state index contributed by atoms with van der Waals surface area (Å²) in [5.74, 6) is -1.78. The molecule has 3 unspecified atom stereocenters. The molecule has 0 aliphatic carbocycles. The van der Waals surface area contributed by atoms with Crippen LogP contribution in [0.5, 0.6) is 0 Å². The fourth-order valence-corrected chi connectivity index (χ4v) is 7.79. The number of allylic oxidation sites excluding steroid dienone is 2. The first-order valence-corrected chi connectivity index (χ1v) is 25.7. The predicted octanol–water partition coefficient (Wildman–Crippen LogP) is 13.7. The molecule has 0 radical (unpaired) electrons. The van der Waals surface area contributed by atoms with Gasteiger partial charge in [-0.05, 0) is 38.5 Å². The third-order valence-electron chi connectivity index (χ3n) is 10.8. The van der Waals surface area contributed by atoms with Gasteiger partial charge in [0.2, 0.25) is 0 Å². The smallest absolute Gasteiger partial charge is 0.472 e. The maximum absolute atomic E-state index is 12.6. The van der Waals surface area contributed by atoms with Crippen LogP contribution in [0.2, 0.25) is 0 Å². The van der Waals surface area contributed by atoms with Gasteiger partial charge in [0.05, 0.1) is 19.8 Å². The minimum Gasteiger partial charge on any atom is -0.480 e. The molecule has 344 valence electrons. The molecule has 10 nitrogen and oxygen atoms in total. The SMILES string of the molecule is CCCCC/C=C\CCCCCCCC(=O)OC(COCCCCCCCCCCCCCCCCCCCCCCCCCC)COP(=O)(O)OCC(N)C(=O)O. The Labute approximate surface area is 356 Å². The van der Waals surface area contributed by atoms with Crippen molar-refractivity contribution in [1.82, 2.24) is 0 Å². The average molecular weight is 846 g/mol. The Bertz CT molecular complexity index is 982. The van der Waals surface area contributed by atoms with E-state index >= 15 is 0 Å². The molecule has 0 amide bonds. The summed E-state index contributed by atoms with van der Waals surface area (Å²) in [4.78, 5) is 33.5. The number of carboxylic acid groups (broad SMARTS) is 1. The van der Waals surface area contributed by atoms with Gasteiger partial charge in [-0.15, -0.1) is 0 Å². The van der Waals surface area contributed by atoms with Gasteiger partial charge in [0.1, 0.15) is 12.1 Å². The van der Waals surface area contributed by atoms with E-state index in [-0.39, 0.29) is 13.0 Å². The fraction of sp³-hybridized carbons (Fsp3) is 0.915. The highest BCUT2D eigenvalue weighted by Gasteiger charge is 2.27. The number of nitrogens with two attached hydrogens (primary N) is 1. The van der Waals surface area contributed by atoms with E-state index in [0.29, 0.717) is 13.0 Å². The molecule has 0 heterocycles. The molecule has 58 heavy (non-hydrogen) atoms. The van der Waals surface area contributed by atoms with Gasteiger partial charge in [-0.25, -0.2) is 4.57 Å². The summed E-state index contributed by atoms with van der Waals surface area (Å²) in [7, 11) is -4.61. The number of rotatable bonds is 47. The molecule has 0 aromatic heterocycles. The van der Waals surface area contributed by atoms with E-state index in [9.17, 15) is 19.0 Å². The van der Waals surface area contributed by atoms with Crippen LogP contribution in [0, 0.1) is 0 Å². The average Bonchev–Trinajstić information content (AvgIpc) is 3.20. The van der Waals surface area contributed by atoms with E-state index in [1.54, 1.807) is 0 Å². The van der Waals surface area contributed by atoms with Crippen LogP contribution in [0.4, 0.5) is 0 Å². The number of phosphoric ester groups is 1. The number of hydrogen-bond donors (Lipinski definition) is 3. The van der Waals surface area contributed by atoms with Crippen LogP contribution in [0.1, 0.15) is 239 Å². The van der Waals surface area contributed by atoms with Gasteiger partial charge < -0.3 is 25.2 Å². The molecular formula is C47H92NO9P. The minimum atomic E-state index is -4.61. The van der Waals surface area contributed by atoms with E-state index in [0.717, 1.165) is 57.8 Å². The maximum Gasteiger partial charge on any atom is 0.472 e. The summed E-state index contributed by atoms with van der Waals surface area (Å²) in [6.45, 7) is 3.89. The Hall–Kier alpha value is -1.29. The normalized spacial score (nSPS) is 13.9. The van der Waals surface area contributed by atoms with Crippen molar-refractivity contribution in [2.45, 2.75) is 251 Å². The number of ether oxygens (including phenoxy) is 2. The highest BCUT2D eigenvalue weighted by molar-refractivity contribution is 7.47. The number of carboxylic acids is 1.